The maximum Gasteiger partial charge on any atom is 0.285 e. The van der Waals surface area contributed by atoms with Crippen LogP contribution in [0, 0.1) is 24.0 Å². The van der Waals surface area contributed by atoms with E-state index in [0.717, 1.165) is 16.3 Å². The van der Waals surface area contributed by atoms with Gasteiger partial charge >= 0.3 is 0 Å². The molecule has 1 fully saturated rings. The molecule has 0 saturated carbocycles. The highest BCUT2D eigenvalue weighted by Crippen LogP contribution is 2.38. The number of nitro benzene ring substituents is 1. The van der Waals surface area contributed by atoms with Crippen LogP contribution < -0.4 is 5.01 Å². The Kier molecular flexibility index (Phi) is 6.43. The van der Waals surface area contributed by atoms with E-state index in [9.17, 15) is 14.9 Å². The first kappa shape index (κ1) is 22.6. The van der Waals surface area contributed by atoms with Crippen molar-refractivity contribution in [1.29, 1.82) is 0 Å². The molecular formula is C22H16ClN3O3S3. The van der Waals surface area contributed by atoms with Crippen LogP contribution in [0.15, 0.2) is 69.3 Å². The zero-order valence-corrected chi connectivity index (χ0v) is 20.1. The Morgan fingerprint density at radius 3 is 2.38 bits per heavy atom. The van der Waals surface area contributed by atoms with Gasteiger partial charge in [-0.3, -0.25) is 19.6 Å². The van der Waals surface area contributed by atoms with Gasteiger partial charge in [0.1, 0.15) is 0 Å². The average molecular weight is 502 g/mol. The fourth-order valence-electron chi connectivity index (χ4n) is 3.24. The van der Waals surface area contributed by atoms with E-state index in [-0.39, 0.29) is 11.6 Å². The summed E-state index contributed by atoms with van der Waals surface area (Å²) in [6.07, 6.45) is 1.64. The number of thiocarbonyl (C=S) groups is 1. The fraction of sp³-hybridized carbons (Fsp3) is 0.0909. The molecule has 3 aromatic rings. The SMILES string of the molecule is Cc1ccc(C)n1N1C(=O)/C(=C/c2ccc(Sc3ccc(Cl)cc3)c([N+](=O)[O-])c2)SC1=S. The minimum absolute atomic E-state index is 0.0359. The summed E-state index contributed by atoms with van der Waals surface area (Å²) in [7, 11) is 0. The highest BCUT2D eigenvalue weighted by molar-refractivity contribution is 8.27. The van der Waals surface area contributed by atoms with Crippen molar-refractivity contribution < 1.29 is 9.72 Å². The van der Waals surface area contributed by atoms with Crippen LogP contribution in [0.1, 0.15) is 17.0 Å². The van der Waals surface area contributed by atoms with Crippen molar-refractivity contribution in [2.24, 2.45) is 0 Å². The van der Waals surface area contributed by atoms with E-state index in [4.69, 9.17) is 23.8 Å². The van der Waals surface area contributed by atoms with Crippen molar-refractivity contribution in [3.8, 4) is 0 Å². The number of rotatable bonds is 5. The summed E-state index contributed by atoms with van der Waals surface area (Å²) in [4.78, 5) is 26.1. The van der Waals surface area contributed by atoms with Gasteiger partial charge in [-0.25, -0.2) is 0 Å². The highest BCUT2D eigenvalue weighted by atomic mass is 35.5. The van der Waals surface area contributed by atoms with E-state index in [0.29, 0.717) is 24.7 Å². The first-order valence-electron chi connectivity index (χ1n) is 9.39. The summed E-state index contributed by atoms with van der Waals surface area (Å²) < 4.78 is 2.18. The number of nitro groups is 1. The molecular weight excluding hydrogens is 486 g/mol. The van der Waals surface area contributed by atoms with Crippen LogP contribution >= 0.6 is 47.3 Å². The smallest absolute Gasteiger partial charge is 0.266 e. The lowest BCUT2D eigenvalue weighted by Crippen LogP contribution is -2.39. The van der Waals surface area contributed by atoms with Gasteiger partial charge in [-0.2, -0.15) is 5.01 Å². The molecule has 0 atom stereocenters. The quantitative estimate of drug-likeness (QED) is 0.175. The van der Waals surface area contributed by atoms with Gasteiger partial charge in [0.25, 0.3) is 11.6 Å². The Morgan fingerprint density at radius 2 is 1.75 bits per heavy atom. The molecule has 0 radical (unpaired) electrons. The maximum atomic E-state index is 13.1. The summed E-state index contributed by atoms with van der Waals surface area (Å²) in [6, 6.07) is 15.8. The Labute approximate surface area is 203 Å². The first-order valence-corrected chi connectivity index (χ1v) is 11.8. The maximum absolute atomic E-state index is 13.1. The van der Waals surface area contributed by atoms with E-state index in [1.165, 1.54) is 34.6 Å². The van der Waals surface area contributed by atoms with Crippen LogP contribution in [0.3, 0.4) is 0 Å². The molecule has 4 rings (SSSR count). The number of aromatic nitrogens is 1. The number of amides is 1. The summed E-state index contributed by atoms with van der Waals surface area (Å²) in [5, 5.41) is 13.8. The molecule has 2 aromatic carbocycles. The van der Waals surface area contributed by atoms with Crippen LogP contribution in [0.25, 0.3) is 6.08 Å². The second-order valence-corrected chi connectivity index (χ2v) is 10.2. The molecule has 1 saturated heterocycles. The van der Waals surface area contributed by atoms with Gasteiger partial charge in [-0.05, 0) is 80.2 Å². The van der Waals surface area contributed by atoms with E-state index >= 15 is 0 Å². The van der Waals surface area contributed by atoms with Gasteiger partial charge in [-0.1, -0.05) is 41.2 Å². The lowest BCUT2D eigenvalue weighted by molar-refractivity contribution is -0.387. The van der Waals surface area contributed by atoms with Gasteiger partial charge in [0.05, 0.1) is 14.7 Å². The number of hydrogen-bond donors (Lipinski definition) is 0. The molecule has 0 unspecified atom stereocenters. The van der Waals surface area contributed by atoms with Gasteiger partial charge < -0.3 is 0 Å². The number of thioether (sulfide) groups is 1. The van der Waals surface area contributed by atoms with E-state index in [1.54, 1.807) is 47.2 Å². The molecule has 1 aromatic heterocycles. The lowest BCUT2D eigenvalue weighted by Gasteiger charge is -2.20. The number of carbonyl (C=O) groups is 1. The lowest BCUT2D eigenvalue weighted by atomic mass is 10.2. The molecule has 162 valence electrons. The monoisotopic (exact) mass is 501 g/mol. The van der Waals surface area contributed by atoms with Crippen LogP contribution in [-0.4, -0.2) is 19.8 Å². The van der Waals surface area contributed by atoms with Crippen molar-refractivity contribution in [3.05, 3.63) is 91.6 Å². The zero-order valence-electron chi connectivity index (χ0n) is 16.9. The van der Waals surface area contributed by atoms with E-state index in [2.05, 4.69) is 0 Å². The molecule has 10 heteroatoms. The van der Waals surface area contributed by atoms with Crippen molar-refractivity contribution in [2.75, 3.05) is 5.01 Å². The number of benzene rings is 2. The van der Waals surface area contributed by atoms with Crippen LogP contribution in [0.5, 0.6) is 0 Å². The Bertz CT molecular complexity index is 1270. The zero-order chi connectivity index (χ0) is 23.0. The predicted molar refractivity (Wildman–Crippen MR) is 134 cm³/mol. The Hall–Kier alpha value is -2.59. The first-order chi connectivity index (χ1) is 15.2. The molecule has 6 nitrogen and oxygen atoms in total. The predicted octanol–water partition coefficient (Wildman–Crippen LogP) is 6.36. The summed E-state index contributed by atoms with van der Waals surface area (Å²) >= 11 is 13.8. The van der Waals surface area contributed by atoms with Crippen molar-refractivity contribution in [2.45, 2.75) is 23.6 Å². The fourth-order valence-corrected chi connectivity index (χ4v) is 5.51. The second kappa shape index (κ2) is 9.11. The third-order valence-corrected chi connectivity index (χ3v) is 7.33. The second-order valence-electron chi connectivity index (χ2n) is 6.96. The number of hydrogen-bond acceptors (Lipinski definition) is 6. The van der Waals surface area contributed by atoms with Gasteiger partial charge in [0, 0.05) is 27.4 Å². The normalized spacial score (nSPS) is 15.1. The number of nitrogens with zero attached hydrogens (tertiary/aromatic N) is 3. The molecule has 1 amide bonds. The number of halogens is 1. The summed E-state index contributed by atoms with van der Waals surface area (Å²) in [6.45, 7) is 3.80. The van der Waals surface area contributed by atoms with Crippen molar-refractivity contribution >= 4 is 69.3 Å². The molecule has 2 heterocycles. The van der Waals surface area contributed by atoms with Crippen LogP contribution in [-0.2, 0) is 4.79 Å². The van der Waals surface area contributed by atoms with Crippen molar-refractivity contribution in [1.82, 2.24) is 4.68 Å². The third kappa shape index (κ3) is 4.47. The third-order valence-electron chi connectivity index (χ3n) is 4.73. The Morgan fingerprint density at radius 1 is 1.09 bits per heavy atom. The van der Waals surface area contributed by atoms with Crippen LogP contribution in [0.2, 0.25) is 5.02 Å². The Balaban J connectivity index is 1.65. The average Bonchev–Trinajstić information content (AvgIpc) is 3.21. The van der Waals surface area contributed by atoms with E-state index < -0.39 is 4.92 Å². The molecule has 32 heavy (non-hydrogen) atoms. The van der Waals surface area contributed by atoms with E-state index in [1.807, 2.05) is 26.0 Å². The summed E-state index contributed by atoms with van der Waals surface area (Å²) in [5.74, 6) is -0.260. The highest BCUT2D eigenvalue weighted by Gasteiger charge is 2.34. The number of aryl methyl sites for hydroxylation is 2. The van der Waals surface area contributed by atoms with Gasteiger partial charge in [0.2, 0.25) is 0 Å². The van der Waals surface area contributed by atoms with Gasteiger partial charge in [0.15, 0.2) is 4.32 Å². The minimum atomic E-state index is -0.423. The van der Waals surface area contributed by atoms with Gasteiger partial charge in [-0.15, -0.1) is 0 Å². The number of carbonyl (C=O) groups excluding carboxylic acids is 1. The molecule has 1 aliphatic rings. The molecule has 0 spiro atoms. The van der Waals surface area contributed by atoms with Crippen molar-refractivity contribution in [3.63, 3.8) is 0 Å². The minimum Gasteiger partial charge on any atom is -0.266 e. The van der Waals surface area contributed by atoms with Crippen LogP contribution in [0.4, 0.5) is 5.69 Å². The summed E-state index contributed by atoms with van der Waals surface area (Å²) in [5.41, 5.74) is 2.29. The standard InChI is InChI=1S/C22H16ClN3O3S3/c1-13-3-4-14(2)24(13)25-21(27)20(32-22(25)30)12-15-5-10-19(18(11-15)26(28)29)31-17-8-6-16(23)7-9-17/h3-12H,1-2H3/b20-12-. The molecule has 0 N–H and O–H groups in total. The molecule has 0 aliphatic carbocycles. The largest absolute Gasteiger partial charge is 0.285 e. The topological polar surface area (TPSA) is 68.4 Å². The molecule has 0 bridgehead atoms. The molecule has 1 aliphatic heterocycles.